The summed E-state index contributed by atoms with van der Waals surface area (Å²) in [6.45, 7) is 6.11. The van der Waals surface area contributed by atoms with Gasteiger partial charge in [0.2, 0.25) is 11.8 Å². The summed E-state index contributed by atoms with van der Waals surface area (Å²) >= 11 is 1.24. The molecular formula is C22H25N3O3S. The number of nitrogens with zero attached hydrogens (tertiary/aromatic N) is 2. The first-order valence-electron chi connectivity index (χ1n) is 9.56. The van der Waals surface area contributed by atoms with Gasteiger partial charge in [0.1, 0.15) is 5.75 Å². The van der Waals surface area contributed by atoms with Crippen LogP contribution in [0.5, 0.6) is 5.75 Å². The summed E-state index contributed by atoms with van der Waals surface area (Å²) in [4.78, 5) is 12.7. The molecule has 2 atom stereocenters. The van der Waals surface area contributed by atoms with Crippen molar-refractivity contribution in [1.29, 1.82) is 0 Å². The summed E-state index contributed by atoms with van der Waals surface area (Å²) in [5.41, 5.74) is 2.79. The van der Waals surface area contributed by atoms with Crippen LogP contribution in [0.2, 0.25) is 0 Å². The fourth-order valence-electron chi connectivity index (χ4n) is 2.81. The fourth-order valence-corrected chi connectivity index (χ4v) is 3.49. The van der Waals surface area contributed by atoms with Gasteiger partial charge in [0, 0.05) is 11.3 Å². The molecule has 2 aromatic carbocycles. The number of amides is 1. The number of ether oxygens (including phenoxy) is 1. The third kappa shape index (κ3) is 5.17. The third-order valence-corrected chi connectivity index (χ3v) is 5.69. The van der Waals surface area contributed by atoms with Crippen LogP contribution >= 0.6 is 11.8 Å². The quantitative estimate of drug-likeness (QED) is 0.502. The molecule has 1 N–H and O–H groups in total. The minimum Gasteiger partial charge on any atom is -0.497 e. The number of rotatable bonds is 8. The van der Waals surface area contributed by atoms with Gasteiger partial charge in [0.05, 0.1) is 12.4 Å². The van der Waals surface area contributed by atoms with Gasteiger partial charge in [-0.1, -0.05) is 43.8 Å². The van der Waals surface area contributed by atoms with Crippen molar-refractivity contribution in [2.75, 3.05) is 12.4 Å². The highest BCUT2D eigenvalue weighted by Crippen LogP contribution is 2.30. The molecule has 0 aliphatic heterocycles. The summed E-state index contributed by atoms with van der Waals surface area (Å²) in [6, 6.07) is 15.3. The van der Waals surface area contributed by atoms with E-state index in [1.165, 1.54) is 11.8 Å². The van der Waals surface area contributed by atoms with E-state index in [0.717, 1.165) is 29.0 Å². The first kappa shape index (κ1) is 20.9. The maximum absolute atomic E-state index is 12.7. The Hall–Kier alpha value is -2.80. The Morgan fingerprint density at radius 2 is 1.86 bits per heavy atom. The number of thioether (sulfide) groups is 1. The average Bonchev–Trinajstić information content (AvgIpc) is 3.22. The molecule has 0 aliphatic carbocycles. The van der Waals surface area contributed by atoms with Gasteiger partial charge in [-0.05, 0) is 55.2 Å². The normalized spacial score (nSPS) is 13.0. The smallest absolute Gasteiger partial charge is 0.277 e. The van der Waals surface area contributed by atoms with Crippen molar-refractivity contribution >= 4 is 23.4 Å². The van der Waals surface area contributed by atoms with Crippen molar-refractivity contribution in [2.24, 2.45) is 0 Å². The van der Waals surface area contributed by atoms with E-state index in [0.29, 0.717) is 17.0 Å². The molecule has 6 nitrogen and oxygen atoms in total. The lowest BCUT2D eigenvalue weighted by atomic mass is 9.97. The topological polar surface area (TPSA) is 77.2 Å². The monoisotopic (exact) mass is 411 g/mol. The lowest BCUT2D eigenvalue weighted by Gasteiger charge is -2.17. The number of hydrogen-bond acceptors (Lipinski definition) is 6. The first-order chi connectivity index (χ1) is 14.0. The molecule has 1 heterocycles. The van der Waals surface area contributed by atoms with Crippen LogP contribution in [0.3, 0.4) is 0 Å². The van der Waals surface area contributed by atoms with E-state index < -0.39 is 0 Å². The zero-order valence-corrected chi connectivity index (χ0v) is 17.8. The van der Waals surface area contributed by atoms with E-state index in [1.807, 2.05) is 49.4 Å². The number of para-hydroxylation sites is 1. The highest BCUT2D eigenvalue weighted by molar-refractivity contribution is 8.00. The largest absolute Gasteiger partial charge is 0.497 e. The number of hydrogen-bond donors (Lipinski definition) is 1. The number of carbonyl (C=O) groups is 1. The third-order valence-electron chi connectivity index (χ3n) is 4.75. The molecule has 0 aliphatic rings. The Morgan fingerprint density at radius 3 is 2.55 bits per heavy atom. The minimum absolute atomic E-state index is 0.102. The van der Waals surface area contributed by atoms with Crippen LogP contribution in [-0.2, 0) is 4.79 Å². The van der Waals surface area contributed by atoms with E-state index in [-0.39, 0.29) is 11.2 Å². The van der Waals surface area contributed by atoms with E-state index >= 15 is 0 Å². The van der Waals surface area contributed by atoms with Crippen LogP contribution < -0.4 is 10.1 Å². The van der Waals surface area contributed by atoms with E-state index in [4.69, 9.17) is 9.15 Å². The Kier molecular flexibility index (Phi) is 6.93. The van der Waals surface area contributed by atoms with E-state index in [1.54, 1.807) is 7.11 Å². The highest BCUT2D eigenvalue weighted by Gasteiger charge is 2.20. The molecule has 0 saturated carbocycles. The van der Waals surface area contributed by atoms with E-state index in [9.17, 15) is 4.79 Å². The number of aromatic nitrogens is 2. The van der Waals surface area contributed by atoms with Crippen molar-refractivity contribution in [3.8, 4) is 17.2 Å². The predicted molar refractivity (Wildman–Crippen MR) is 115 cm³/mol. The Morgan fingerprint density at radius 1 is 1.14 bits per heavy atom. The second-order valence-electron chi connectivity index (χ2n) is 6.75. The zero-order chi connectivity index (χ0) is 20.8. The molecule has 1 amide bonds. The van der Waals surface area contributed by atoms with Crippen molar-refractivity contribution in [3.63, 3.8) is 0 Å². The summed E-state index contributed by atoms with van der Waals surface area (Å²) in [5.74, 6) is 1.43. The summed E-state index contributed by atoms with van der Waals surface area (Å²) in [7, 11) is 1.62. The van der Waals surface area contributed by atoms with Crippen LogP contribution in [-0.4, -0.2) is 28.5 Å². The van der Waals surface area contributed by atoms with Crippen LogP contribution in [0.25, 0.3) is 11.5 Å². The molecule has 1 aromatic heterocycles. The number of carbonyl (C=O) groups excluding carboxylic acids is 1. The van der Waals surface area contributed by atoms with Crippen LogP contribution in [0, 0.1) is 0 Å². The number of anilines is 1. The van der Waals surface area contributed by atoms with Crippen molar-refractivity contribution < 1.29 is 13.9 Å². The van der Waals surface area contributed by atoms with E-state index in [2.05, 4.69) is 35.4 Å². The lowest BCUT2D eigenvalue weighted by molar-refractivity contribution is -0.115. The first-order valence-corrected chi connectivity index (χ1v) is 10.4. The van der Waals surface area contributed by atoms with Crippen molar-refractivity contribution in [2.45, 2.75) is 43.6 Å². The van der Waals surface area contributed by atoms with Gasteiger partial charge in [0.25, 0.3) is 5.22 Å². The predicted octanol–water partition coefficient (Wildman–Crippen LogP) is 5.38. The van der Waals surface area contributed by atoms with Gasteiger partial charge in [-0.2, -0.15) is 0 Å². The number of methoxy groups -OCH3 is 1. The molecule has 0 bridgehead atoms. The molecule has 0 saturated heterocycles. The minimum atomic E-state index is -0.385. The molecule has 3 aromatic rings. The van der Waals surface area contributed by atoms with Gasteiger partial charge in [0.15, 0.2) is 0 Å². The molecule has 7 heteroatoms. The lowest BCUT2D eigenvalue weighted by Crippen LogP contribution is -2.23. The standard InChI is InChI=1S/C22H25N3O3S/c1-5-14(2)18-8-6-7-9-19(18)23-20(26)15(3)29-22-25-24-21(28-22)16-10-12-17(27-4)13-11-16/h6-15H,5H2,1-4H3,(H,23,26). The molecule has 152 valence electrons. The molecule has 2 unspecified atom stereocenters. The molecule has 29 heavy (non-hydrogen) atoms. The highest BCUT2D eigenvalue weighted by atomic mass is 32.2. The van der Waals surface area contributed by atoms with Gasteiger partial charge in [-0.15, -0.1) is 10.2 Å². The second kappa shape index (κ2) is 9.60. The molecule has 0 radical (unpaired) electrons. The Labute approximate surface area is 175 Å². The van der Waals surface area contributed by atoms with Gasteiger partial charge in [-0.25, -0.2) is 0 Å². The number of nitrogens with one attached hydrogen (secondary N) is 1. The zero-order valence-electron chi connectivity index (χ0n) is 17.0. The van der Waals surface area contributed by atoms with Crippen molar-refractivity contribution in [1.82, 2.24) is 10.2 Å². The fraction of sp³-hybridized carbons (Fsp3) is 0.318. The van der Waals surface area contributed by atoms with Gasteiger partial charge < -0.3 is 14.5 Å². The molecular weight excluding hydrogens is 386 g/mol. The van der Waals surface area contributed by atoms with Crippen LogP contribution in [0.4, 0.5) is 5.69 Å². The SMILES string of the molecule is CCC(C)c1ccccc1NC(=O)C(C)Sc1nnc(-c2ccc(OC)cc2)o1. The molecule has 3 rings (SSSR count). The van der Waals surface area contributed by atoms with Crippen LogP contribution in [0.1, 0.15) is 38.7 Å². The Balaban J connectivity index is 1.65. The maximum Gasteiger partial charge on any atom is 0.277 e. The summed E-state index contributed by atoms with van der Waals surface area (Å²) in [6.07, 6.45) is 1.01. The second-order valence-corrected chi connectivity index (χ2v) is 8.04. The number of benzene rings is 2. The molecule has 0 spiro atoms. The maximum atomic E-state index is 12.7. The molecule has 0 fully saturated rings. The average molecular weight is 412 g/mol. The summed E-state index contributed by atoms with van der Waals surface area (Å²) < 4.78 is 10.9. The van der Waals surface area contributed by atoms with Gasteiger partial charge >= 0.3 is 0 Å². The van der Waals surface area contributed by atoms with Gasteiger partial charge in [-0.3, -0.25) is 4.79 Å². The summed E-state index contributed by atoms with van der Waals surface area (Å²) in [5, 5.41) is 11.1. The Bertz CT molecular complexity index is 956. The van der Waals surface area contributed by atoms with Crippen molar-refractivity contribution in [3.05, 3.63) is 54.1 Å². The van der Waals surface area contributed by atoms with Crippen LogP contribution in [0.15, 0.2) is 58.2 Å².